The molecule has 12 nitrogen and oxygen atoms in total. The lowest BCUT2D eigenvalue weighted by Crippen LogP contribution is -2.14. The highest BCUT2D eigenvalue weighted by Crippen LogP contribution is 2.50. The Morgan fingerprint density at radius 3 is 0.479 bits per heavy atom. The fraction of sp³-hybridized carbons (Fsp3) is 0. The molecule has 6 bridgehead atoms. The summed E-state index contributed by atoms with van der Waals surface area (Å²) in [5.74, 6) is -4.15. The van der Waals surface area contributed by atoms with E-state index in [4.69, 9.17) is 28.4 Å². The summed E-state index contributed by atoms with van der Waals surface area (Å²) in [4.78, 5) is 88.9. The Hall–Kier alpha value is -13.3. The number of fused-ring (bicyclic) bond motifs is 27. The van der Waals surface area contributed by atoms with Crippen LogP contribution in [0.15, 0.2) is 291 Å². The fourth-order valence-corrected chi connectivity index (χ4v) is 12.8. The molecule has 0 amide bonds. The normalized spacial score (nSPS) is 13.0. The maximum atomic E-state index is 14.8. The van der Waals surface area contributed by atoms with Crippen molar-refractivity contribution in [2.75, 3.05) is 0 Å². The molecule has 456 valence electrons. The molecule has 0 atom stereocenters. The van der Waals surface area contributed by atoms with Crippen molar-refractivity contribution in [1.82, 2.24) is 0 Å². The van der Waals surface area contributed by atoms with E-state index < -0.39 is 35.8 Å². The number of benzene rings is 15. The van der Waals surface area contributed by atoms with Crippen LogP contribution in [0.2, 0.25) is 0 Å². The number of rotatable bonds is 0. The molecule has 0 aromatic heterocycles. The molecule has 15 aromatic carbocycles. The predicted molar refractivity (Wildman–Crippen MR) is 370 cm³/mol. The second-order valence-electron chi connectivity index (χ2n) is 23.0. The van der Waals surface area contributed by atoms with Gasteiger partial charge in [-0.3, -0.25) is 0 Å². The standard InChI is InChI=1S/C84H48O12/c85-79-55-22-13-24-57(46-55)81(87)93-69-42-36-51-18-3-9-30-63(51)75(69)77-65-32-11-5-20-53(65)38-44-71(77)95-83(89)59-26-15-27-60(48-59)84(90)96-72-45-39-54-21-6-12-33-66(54)78(72)76-64-31-10-4-19-52(64)37-43-70(76)94-82(88)58-25-14-23-56(47-58)80(86)92-68-41-35-50-17-2-8-29-62(50)74(68)73-61-28-7-1-16-49(61)34-40-67(73)91-79/h1-48H. The molecular weight excluding hydrogens is 1200 g/mol. The fourth-order valence-electron chi connectivity index (χ4n) is 12.8. The van der Waals surface area contributed by atoms with Crippen molar-refractivity contribution in [2.24, 2.45) is 0 Å². The number of hydrogen-bond acceptors (Lipinski definition) is 12. The van der Waals surface area contributed by atoms with Crippen molar-refractivity contribution in [1.29, 1.82) is 0 Å². The van der Waals surface area contributed by atoms with Gasteiger partial charge in [0.15, 0.2) is 0 Å². The Balaban J connectivity index is 0.872. The Kier molecular flexibility index (Phi) is 14.5. The summed E-state index contributed by atoms with van der Waals surface area (Å²) in [6, 6.07) is 84.3. The third kappa shape index (κ3) is 10.5. The Labute approximate surface area is 547 Å². The quantitative estimate of drug-likeness (QED) is 0.105. The van der Waals surface area contributed by atoms with Crippen LogP contribution in [0.25, 0.3) is 98.0 Å². The van der Waals surface area contributed by atoms with Crippen LogP contribution in [0.5, 0.6) is 34.5 Å². The van der Waals surface area contributed by atoms with Crippen LogP contribution < -0.4 is 28.4 Å². The second-order valence-corrected chi connectivity index (χ2v) is 23.0. The van der Waals surface area contributed by atoms with Gasteiger partial charge in [-0.2, -0.15) is 0 Å². The van der Waals surface area contributed by atoms with Crippen LogP contribution in [-0.4, -0.2) is 35.8 Å². The van der Waals surface area contributed by atoms with E-state index in [1.807, 2.05) is 182 Å². The van der Waals surface area contributed by atoms with Gasteiger partial charge in [0.05, 0.1) is 33.4 Å². The maximum Gasteiger partial charge on any atom is 0.343 e. The van der Waals surface area contributed by atoms with E-state index in [0.29, 0.717) is 65.7 Å². The molecule has 16 rings (SSSR count). The molecule has 0 fully saturated rings. The first kappa shape index (κ1) is 57.8. The van der Waals surface area contributed by atoms with Crippen LogP contribution in [0, 0.1) is 0 Å². The first-order chi connectivity index (χ1) is 47.1. The van der Waals surface area contributed by atoms with E-state index in [2.05, 4.69) is 0 Å². The molecule has 1 heterocycles. The molecule has 12 heteroatoms. The predicted octanol–water partition coefficient (Wildman–Crippen LogP) is 19.2. The lowest BCUT2D eigenvalue weighted by molar-refractivity contribution is 0.0715. The second kappa shape index (κ2) is 24.1. The summed E-state index contributed by atoms with van der Waals surface area (Å²) >= 11 is 0. The van der Waals surface area contributed by atoms with Gasteiger partial charge in [0.2, 0.25) is 0 Å². The highest BCUT2D eigenvalue weighted by molar-refractivity contribution is 6.15. The molecule has 1 aliphatic rings. The molecule has 0 radical (unpaired) electrons. The van der Waals surface area contributed by atoms with Gasteiger partial charge in [-0.1, -0.05) is 200 Å². The Morgan fingerprint density at radius 2 is 0.312 bits per heavy atom. The van der Waals surface area contributed by atoms with Crippen molar-refractivity contribution in [3.05, 3.63) is 325 Å². The van der Waals surface area contributed by atoms with E-state index in [1.165, 1.54) is 54.6 Å². The number of carbonyl (C=O) groups is 6. The van der Waals surface area contributed by atoms with Gasteiger partial charge < -0.3 is 28.4 Å². The third-order valence-electron chi connectivity index (χ3n) is 17.3. The van der Waals surface area contributed by atoms with Gasteiger partial charge in [0.25, 0.3) is 0 Å². The smallest absolute Gasteiger partial charge is 0.343 e. The highest BCUT2D eigenvalue weighted by Gasteiger charge is 2.29. The lowest BCUT2D eigenvalue weighted by Gasteiger charge is -2.19. The number of hydrogen-bond donors (Lipinski definition) is 0. The van der Waals surface area contributed by atoms with E-state index in [1.54, 1.807) is 54.6 Å². The van der Waals surface area contributed by atoms with Crippen molar-refractivity contribution < 1.29 is 57.2 Å². The molecule has 15 aromatic rings. The van der Waals surface area contributed by atoms with Crippen LogP contribution in [0.4, 0.5) is 0 Å². The first-order valence-corrected chi connectivity index (χ1v) is 30.8. The Bertz CT molecular complexity index is 4920. The van der Waals surface area contributed by atoms with E-state index in [9.17, 15) is 28.8 Å². The van der Waals surface area contributed by atoms with Gasteiger partial charge in [0, 0.05) is 33.4 Å². The summed E-state index contributed by atoms with van der Waals surface area (Å²) in [6.07, 6.45) is 0. The van der Waals surface area contributed by atoms with Gasteiger partial charge in [0.1, 0.15) is 34.5 Å². The first-order valence-electron chi connectivity index (χ1n) is 30.8. The van der Waals surface area contributed by atoms with Gasteiger partial charge in [-0.25, -0.2) is 28.8 Å². The monoisotopic (exact) mass is 1250 g/mol. The number of esters is 6. The summed E-state index contributed by atoms with van der Waals surface area (Å²) < 4.78 is 38.6. The average Bonchev–Trinajstić information content (AvgIpc) is 0.765. The molecule has 1 aliphatic heterocycles. The van der Waals surface area contributed by atoms with Gasteiger partial charge in [-0.15, -0.1) is 0 Å². The molecule has 0 unspecified atom stereocenters. The van der Waals surface area contributed by atoms with Gasteiger partial charge >= 0.3 is 35.8 Å². The van der Waals surface area contributed by atoms with Crippen LogP contribution in [0.3, 0.4) is 0 Å². The molecule has 0 aliphatic carbocycles. The SMILES string of the molecule is O=C1Oc2ccc3ccccc3c2-c2c(ccc3ccccc23)OC(=O)c2cccc(c2)C(=O)Oc2ccc3ccccc3c2-c2c(ccc3ccccc23)OC(=O)c2cccc(c2)C(=O)Oc2ccc3ccccc3c2-c2c(ccc3ccccc23)OC(=O)c2cccc1c2. The number of carbonyl (C=O) groups excluding carboxylic acids is 6. The molecular formula is C84H48O12. The van der Waals surface area contributed by atoms with Crippen molar-refractivity contribution >= 4 is 100 Å². The zero-order valence-corrected chi connectivity index (χ0v) is 50.6. The zero-order valence-electron chi connectivity index (χ0n) is 50.6. The molecule has 96 heavy (non-hydrogen) atoms. The summed E-state index contributed by atoms with van der Waals surface area (Å²) in [7, 11) is 0. The average molecular weight is 1250 g/mol. The summed E-state index contributed by atoms with van der Waals surface area (Å²) in [6.45, 7) is 0. The Morgan fingerprint density at radius 1 is 0.156 bits per heavy atom. The van der Waals surface area contributed by atoms with E-state index in [-0.39, 0.29) is 67.9 Å². The molecule has 0 saturated heterocycles. The highest BCUT2D eigenvalue weighted by atomic mass is 16.6. The lowest BCUT2D eigenvalue weighted by atomic mass is 9.92. The van der Waals surface area contributed by atoms with Crippen molar-refractivity contribution in [3.8, 4) is 67.9 Å². The van der Waals surface area contributed by atoms with E-state index >= 15 is 0 Å². The largest absolute Gasteiger partial charge is 0.422 e. The molecule has 0 spiro atoms. The van der Waals surface area contributed by atoms with E-state index in [0.717, 1.165) is 32.3 Å². The molecule has 0 saturated carbocycles. The molecule has 0 N–H and O–H groups in total. The van der Waals surface area contributed by atoms with Crippen molar-refractivity contribution in [3.63, 3.8) is 0 Å². The van der Waals surface area contributed by atoms with Crippen LogP contribution in [-0.2, 0) is 0 Å². The topological polar surface area (TPSA) is 158 Å². The number of ether oxygens (including phenoxy) is 6. The van der Waals surface area contributed by atoms with Crippen LogP contribution >= 0.6 is 0 Å². The minimum absolute atomic E-state index is 0.0161. The minimum Gasteiger partial charge on any atom is -0.422 e. The summed E-state index contributed by atoms with van der Waals surface area (Å²) in [5, 5.41) is 8.71. The third-order valence-corrected chi connectivity index (χ3v) is 17.3. The maximum absolute atomic E-state index is 14.8. The van der Waals surface area contributed by atoms with Crippen molar-refractivity contribution in [2.45, 2.75) is 0 Å². The zero-order chi connectivity index (χ0) is 65.0. The minimum atomic E-state index is -0.810. The van der Waals surface area contributed by atoms with Crippen LogP contribution in [0.1, 0.15) is 62.1 Å². The van der Waals surface area contributed by atoms with Gasteiger partial charge in [-0.05, 0) is 156 Å². The summed E-state index contributed by atoms with van der Waals surface area (Å²) in [5.41, 5.74) is 2.69.